The number of hydrogen-bond acceptors (Lipinski definition) is 6. The van der Waals surface area contributed by atoms with Crippen molar-refractivity contribution < 1.29 is 9.47 Å². The minimum atomic E-state index is -0.143. The molecule has 5 rings (SSSR count). The van der Waals surface area contributed by atoms with E-state index in [4.69, 9.17) is 9.47 Å². The van der Waals surface area contributed by atoms with Crippen LogP contribution in [0.5, 0.6) is 5.75 Å². The Kier molecular flexibility index (Phi) is 5.35. The van der Waals surface area contributed by atoms with Crippen LogP contribution in [0.4, 0.5) is 0 Å². The second-order valence-electron chi connectivity index (χ2n) is 7.76. The van der Waals surface area contributed by atoms with Gasteiger partial charge in [0.15, 0.2) is 0 Å². The fourth-order valence-corrected chi connectivity index (χ4v) is 4.01. The van der Waals surface area contributed by atoms with E-state index in [-0.39, 0.29) is 5.69 Å². The van der Waals surface area contributed by atoms with Gasteiger partial charge < -0.3 is 9.47 Å². The highest BCUT2D eigenvalue weighted by atomic mass is 16.5. The Morgan fingerprint density at radius 2 is 1.88 bits per heavy atom. The first-order chi connectivity index (χ1) is 16.1. The summed E-state index contributed by atoms with van der Waals surface area (Å²) in [4.78, 5) is 26.6. The van der Waals surface area contributed by atoms with Gasteiger partial charge in [-0.1, -0.05) is 6.07 Å². The molecule has 4 heterocycles. The summed E-state index contributed by atoms with van der Waals surface area (Å²) in [6.07, 6.45) is 6.94. The average molecular weight is 441 g/mol. The molecule has 0 radical (unpaired) electrons. The predicted octanol–water partition coefficient (Wildman–Crippen LogP) is 3.67. The van der Waals surface area contributed by atoms with Crippen LogP contribution in [-0.2, 0) is 11.8 Å². The molecular weight excluding hydrogens is 418 g/mol. The van der Waals surface area contributed by atoms with Crippen molar-refractivity contribution in [2.24, 2.45) is 7.05 Å². The van der Waals surface area contributed by atoms with Crippen LogP contribution in [0.3, 0.4) is 0 Å². The smallest absolute Gasteiger partial charge is 0.333 e. The highest BCUT2D eigenvalue weighted by Crippen LogP contribution is 2.31. The average Bonchev–Trinajstić information content (AvgIpc) is 3.10. The van der Waals surface area contributed by atoms with Gasteiger partial charge >= 0.3 is 5.69 Å². The van der Waals surface area contributed by atoms with Crippen molar-refractivity contribution in [1.82, 2.24) is 24.1 Å². The third-order valence-corrected chi connectivity index (χ3v) is 5.71. The number of rotatable bonds is 6. The topological polar surface area (TPSA) is 84.1 Å². The number of aryl methyl sites for hydroxylation is 2. The molecule has 0 atom stereocenters. The third kappa shape index (κ3) is 3.64. The van der Waals surface area contributed by atoms with Gasteiger partial charge in [-0.05, 0) is 42.8 Å². The van der Waals surface area contributed by atoms with Crippen molar-refractivity contribution in [3.63, 3.8) is 0 Å². The summed E-state index contributed by atoms with van der Waals surface area (Å²) in [6, 6.07) is 11.7. The van der Waals surface area contributed by atoms with E-state index in [9.17, 15) is 4.79 Å². The number of methoxy groups -OCH3 is 1. The molecule has 0 bridgehead atoms. The van der Waals surface area contributed by atoms with E-state index in [1.54, 1.807) is 48.1 Å². The second-order valence-corrected chi connectivity index (χ2v) is 7.76. The number of hydrogen-bond donors (Lipinski definition) is 0. The summed E-state index contributed by atoms with van der Waals surface area (Å²) in [5, 5.41) is 0.872. The molecule has 0 fully saturated rings. The van der Waals surface area contributed by atoms with Gasteiger partial charge in [0.05, 0.1) is 46.9 Å². The number of pyridine rings is 3. The van der Waals surface area contributed by atoms with Gasteiger partial charge in [-0.3, -0.25) is 24.1 Å². The predicted molar refractivity (Wildman–Crippen MR) is 127 cm³/mol. The highest BCUT2D eigenvalue weighted by molar-refractivity contribution is 6.04. The minimum absolute atomic E-state index is 0.143. The van der Waals surface area contributed by atoms with Gasteiger partial charge in [-0.15, -0.1) is 0 Å². The molecule has 0 unspecified atom stereocenters. The summed E-state index contributed by atoms with van der Waals surface area (Å²) in [6.45, 7) is 2.85. The lowest BCUT2D eigenvalue weighted by molar-refractivity contribution is 0.146. The zero-order valence-corrected chi connectivity index (χ0v) is 18.6. The van der Waals surface area contributed by atoms with Crippen molar-refractivity contribution in [3.05, 3.63) is 77.4 Å². The molecular formula is C25H23N5O3. The van der Waals surface area contributed by atoms with Crippen molar-refractivity contribution in [1.29, 1.82) is 0 Å². The molecule has 0 aliphatic heterocycles. The van der Waals surface area contributed by atoms with E-state index in [0.29, 0.717) is 19.0 Å². The van der Waals surface area contributed by atoms with Gasteiger partial charge in [0.2, 0.25) is 0 Å². The van der Waals surface area contributed by atoms with E-state index < -0.39 is 0 Å². The highest BCUT2D eigenvalue weighted by Gasteiger charge is 2.18. The Balaban J connectivity index is 1.72. The standard InChI is InChI=1S/C25H23N5O3/c1-16-22(5-4-8-27-16)30-24-20-12-17(18-11-19(14-26-13-18)33-10-9-32-3)6-7-21(20)28-15-23(24)29(2)25(30)31/h4-8,11-15H,9-10H2,1-3H3. The largest absolute Gasteiger partial charge is 0.490 e. The Morgan fingerprint density at radius 1 is 1.00 bits per heavy atom. The van der Waals surface area contributed by atoms with Gasteiger partial charge in [0, 0.05) is 37.5 Å². The maximum absolute atomic E-state index is 13.2. The van der Waals surface area contributed by atoms with Gasteiger partial charge in [0.25, 0.3) is 0 Å². The molecule has 0 aliphatic carbocycles. The Hall–Kier alpha value is -4.04. The first-order valence-electron chi connectivity index (χ1n) is 10.6. The number of imidazole rings is 1. The lowest BCUT2D eigenvalue weighted by atomic mass is 10.0. The van der Waals surface area contributed by atoms with Crippen LogP contribution in [0.25, 0.3) is 38.8 Å². The van der Waals surface area contributed by atoms with E-state index in [1.807, 2.05) is 43.3 Å². The van der Waals surface area contributed by atoms with Gasteiger partial charge in [-0.25, -0.2) is 4.79 Å². The molecule has 5 aromatic rings. The summed E-state index contributed by atoms with van der Waals surface area (Å²) >= 11 is 0. The summed E-state index contributed by atoms with van der Waals surface area (Å²) in [7, 11) is 3.40. The molecule has 4 aromatic heterocycles. The van der Waals surface area contributed by atoms with Gasteiger partial charge in [-0.2, -0.15) is 0 Å². The maximum Gasteiger partial charge on any atom is 0.333 e. The van der Waals surface area contributed by atoms with Crippen molar-refractivity contribution in [3.8, 4) is 22.6 Å². The van der Waals surface area contributed by atoms with Crippen LogP contribution in [-0.4, -0.2) is 44.4 Å². The quantitative estimate of drug-likeness (QED) is 0.374. The lowest BCUT2D eigenvalue weighted by Crippen LogP contribution is -2.21. The Morgan fingerprint density at radius 3 is 2.70 bits per heavy atom. The molecule has 1 aromatic carbocycles. The molecule has 0 saturated carbocycles. The number of fused-ring (bicyclic) bond motifs is 3. The zero-order valence-electron chi connectivity index (χ0n) is 18.6. The normalized spacial score (nSPS) is 11.4. The molecule has 166 valence electrons. The first kappa shape index (κ1) is 20.8. The molecule has 0 aliphatic rings. The van der Waals surface area contributed by atoms with Crippen molar-refractivity contribution in [2.45, 2.75) is 6.92 Å². The molecule has 8 nitrogen and oxygen atoms in total. The molecule has 0 saturated heterocycles. The Bertz CT molecular complexity index is 1540. The second kappa shape index (κ2) is 8.48. The van der Waals surface area contributed by atoms with Crippen molar-refractivity contribution >= 4 is 21.9 Å². The summed E-state index contributed by atoms with van der Waals surface area (Å²) < 4.78 is 14.1. The van der Waals surface area contributed by atoms with Crippen LogP contribution in [0.15, 0.2) is 66.0 Å². The fraction of sp³-hybridized carbons (Fsp3) is 0.200. The van der Waals surface area contributed by atoms with Gasteiger partial charge in [0.1, 0.15) is 12.4 Å². The first-order valence-corrected chi connectivity index (χ1v) is 10.6. The van der Waals surface area contributed by atoms with E-state index in [0.717, 1.165) is 44.4 Å². The minimum Gasteiger partial charge on any atom is -0.490 e. The van der Waals surface area contributed by atoms with Crippen LogP contribution in [0.2, 0.25) is 0 Å². The number of ether oxygens (including phenoxy) is 2. The summed E-state index contributed by atoms with van der Waals surface area (Å²) in [5.74, 6) is 0.670. The zero-order chi connectivity index (χ0) is 22.9. The molecule has 0 amide bonds. The summed E-state index contributed by atoms with van der Waals surface area (Å²) in [5.41, 5.74) is 5.59. The SMILES string of the molecule is COCCOc1cncc(-c2ccc3ncc4c(c3c2)n(-c2cccnc2C)c(=O)n4C)c1. The molecule has 0 N–H and O–H groups in total. The fourth-order valence-electron chi connectivity index (χ4n) is 4.01. The van der Waals surface area contributed by atoms with Crippen LogP contribution in [0.1, 0.15) is 5.69 Å². The molecule has 33 heavy (non-hydrogen) atoms. The van der Waals surface area contributed by atoms with Crippen LogP contribution >= 0.6 is 0 Å². The van der Waals surface area contributed by atoms with Crippen LogP contribution in [0, 0.1) is 6.92 Å². The van der Waals surface area contributed by atoms with E-state index in [1.165, 1.54) is 0 Å². The number of benzene rings is 1. The molecule has 8 heteroatoms. The van der Waals surface area contributed by atoms with E-state index >= 15 is 0 Å². The van der Waals surface area contributed by atoms with Crippen LogP contribution < -0.4 is 10.4 Å². The van der Waals surface area contributed by atoms with E-state index in [2.05, 4.69) is 15.0 Å². The maximum atomic E-state index is 13.2. The number of aromatic nitrogens is 5. The monoisotopic (exact) mass is 441 g/mol. The Labute approximate surface area is 190 Å². The molecule has 0 spiro atoms. The lowest BCUT2D eigenvalue weighted by Gasteiger charge is -2.10. The third-order valence-electron chi connectivity index (χ3n) is 5.71. The van der Waals surface area contributed by atoms with Crippen molar-refractivity contribution in [2.75, 3.05) is 20.3 Å². The number of nitrogens with zero attached hydrogens (tertiary/aromatic N) is 5.